The van der Waals surface area contributed by atoms with Crippen molar-refractivity contribution in [2.45, 2.75) is 52.4 Å². The van der Waals surface area contributed by atoms with Crippen molar-refractivity contribution in [1.29, 1.82) is 0 Å². The Morgan fingerprint density at radius 2 is 2.04 bits per heavy atom. The molecule has 0 aromatic heterocycles. The average Bonchev–Trinajstić information content (AvgIpc) is 3.16. The topological polar surface area (TPSA) is 17.1 Å². The van der Waals surface area contributed by atoms with E-state index >= 15 is 0 Å². The number of carbonyl (C=O) groups excluding carboxylic acids is 1. The van der Waals surface area contributed by atoms with Crippen molar-refractivity contribution in [2.24, 2.45) is 17.3 Å². The summed E-state index contributed by atoms with van der Waals surface area (Å²) in [5.41, 5.74) is 5.62. The highest BCUT2D eigenvalue weighted by atomic mass is 16.1. The van der Waals surface area contributed by atoms with Gasteiger partial charge in [0.1, 0.15) is 5.78 Å². The van der Waals surface area contributed by atoms with Crippen LogP contribution in [0.5, 0.6) is 0 Å². The largest absolute Gasteiger partial charge is 0.299 e. The molecule has 3 aliphatic carbocycles. The molecule has 0 amide bonds. The Morgan fingerprint density at radius 1 is 1.16 bits per heavy atom. The molecule has 0 N–H and O–H groups in total. The Bertz CT molecular complexity index is 917. The Morgan fingerprint density at radius 3 is 2.76 bits per heavy atom. The van der Waals surface area contributed by atoms with E-state index in [0.717, 1.165) is 25.7 Å². The summed E-state index contributed by atoms with van der Waals surface area (Å²) in [6, 6.07) is 11.4. The highest BCUT2D eigenvalue weighted by molar-refractivity contribution is 5.94. The van der Waals surface area contributed by atoms with Crippen LogP contribution in [0.4, 0.5) is 0 Å². The van der Waals surface area contributed by atoms with Crippen LogP contribution in [0.3, 0.4) is 0 Å². The Kier molecular flexibility index (Phi) is 3.26. The van der Waals surface area contributed by atoms with Crippen LogP contribution in [0.1, 0.15) is 49.8 Å². The first-order valence-corrected chi connectivity index (χ1v) is 9.80. The summed E-state index contributed by atoms with van der Waals surface area (Å²) >= 11 is 0. The van der Waals surface area contributed by atoms with Crippen molar-refractivity contribution in [3.8, 4) is 0 Å². The van der Waals surface area contributed by atoms with Gasteiger partial charge in [-0.25, -0.2) is 0 Å². The lowest BCUT2D eigenvalue weighted by atomic mass is 9.63. The van der Waals surface area contributed by atoms with Crippen molar-refractivity contribution >= 4 is 16.6 Å². The van der Waals surface area contributed by atoms with Crippen LogP contribution in [-0.2, 0) is 24.1 Å². The summed E-state index contributed by atoms with van der Waals surface area (Å²) in [7, 11) is 0. The van der Waals surface area contributed by atoms with Gasteiger partial charge in [0.25, 0.3) is 0 Å². The lowest BCUT2D eigenvalue weighted by Gasteiger charge is -2.39. The van der Waals surface area contributed by atoms with Crippen molar-refractivity contribution in [2.75, 3.05) is 0 Å². The maximum atomic E-state index is 13.1. The zero-order chi connectivity index (χ0) is 17.2. The van der Waals surface area contributed by atoms with Gasteiger partial charge in [0.05, 0.1) is 0 Å². The van der Waals surface area contributed by atoms with Gasteiger partial charge in [0.2, 0.25) is 0 Å². The summed E-state index contributed by atoms with van der Waals surface area (Å²) in [5, 5.41) is 2.71. The number of Topliss-reactive ketones (excluding diaryl/α,β-unsaturated/α-hetero) is 1. The molecule has 1 spiro atoms. The zero-order valence-electron chi connectivity index (χ0n) is 15.3. The molecule has 2 unspecified atom stereocenters. The molecule has 1 heteroatoms. The second-order valence-corrected chi connectivity index (χ2v) is 8.97. The fraction of sp³-hybridized carbons (Fsp3) is 0.458. The molecule has 1 nitrogen and oxygen atoms in total. The van der Waals surface area contributed by atoms with Crippen molar-refractivity contribution < 1.29 is 4.79 Å². The summed E-state index contributed by atoms with van der Waals surface area (Å²) in [6.45, 7) is 4.54. The van der Waals surface area contributed by atoms with E-state index in [-0.39, 0.29) is 5.41 Å². The Balaban J connectivity index is 1.60. The molecule has 0 radical (unpaired) electrons. The Hall–Kier alpha value is -1.89. The van der Waals surface area contributed by atoms with Crippen LogP contribution < -0.4 is 0 Å². The van der Waals surface area contributed by atoms with Crippen molar-refractivity contribution in [1.82, 2.24) is 0 Å². The minimum atomic E-state index is -0.0691. The molecule has 5 rings (SSSR count). The van der Waals surface area contributed by atoms with Gasteiger partial charge in [-0.15, -0.1) is 0 Å². The number of hydrogen-bond acceptors (Lipinski definition) is 1. The minimum Gasteiger partial charge on any atom is -0.299 e. The van der Waals surface area contributed by atoms with Crippen molar-refractivity contribution in [3.63, 3.8) is 0 Å². The van der Waals surface area contributed by atoms with Gasteiger partial charge in [-0.05, 0) is 71.4 Å². The van der Waals surface area contributed by atoms with Gasteiger partial charge in [-0.1, -0.05) is 55.8 Å². The molecule has 0 heterocycles. The van der Waals surface area contributed by atoms with E-state index < -0.39 is 0 Å². The van der Waals surface area contributed by atoms with Gasteiger partial charge in [0, 0.05) is 11.8 Å². The fourth-order valence-electron chi connectivity index (χ4n) is 5.66. The number of rotatable bonds is 2. The number of ketones is 1. The van der Waals surface area contributed by atoms with Crippen LogP contribution in [0.15, 0.2) is 42.0 Å². The molecule has 2 atom stereocenters. The van der Waals surface area contributed by atoms with E-state index in [9.17, 15) is 4.79 Å². The number of fused-ring (bicyclic) bond motifs is 5. The average molecular weight is 330 g/mol. The van der Waals surface area contributed by atoms with Crippen LogP contribution in [0.2, 0.25) is 0 Å². The molecule has 3 aliphatic rings. The highest BCUT2D eigenvalue weighted by Crippen LogP contribution is 2.57. The first-order valence-electron chi connectivity index (χ1n) is 9.80. The summed E-state index contributed by atoms with van der Waals surface area (Å²) in [4.78, 5) is 13.1. The molecular formula is C24H26O. The fourth-order valence-corrected chi connectivity index (χ4v) is 5.66. The SMILES string of the molecule is CC(C)Cc1cccc2cc3c(cc12)CC(=O)C1(CC2=CCC1C2)C3. The van der Waals surface area contributed by atoms with E-state index in [1.54, 1.807) is 5.57 Å². The number of allylic oxidation sites excluding steroid dienone is 2. The van der Waals surface area contributed by atoms with Crippen molar-refractivity contribution in [3.05, 3.63) is 58.7 Å². The molecule has 0 saturated heterocycles. The van der Waals surface area contributed by atoms with Gasteiger partial charge >= 0.3 is 0 Å². The third-order valence-electron chi connectivity index (χ3n) is 6.85. The lowest BCUT2D eigenvalue weighted by Crippen LogP contribution is -2.42. The second kappa shape index (κ2) is 5.30. The van der Waals surface area contributed by atoms with Crippen LogP contribution in [0, 0.1) is 17.3 Å². The first-order chi connectivity index (χ1) is 12.0. The van der Waals surface area contributed by atoms with E-state index in [2.05, 4.69) is 50.3 Å². The standard InChI is InChI=1S/C24H26O/c1-15(2)8-17-4-3-5-18-10-20-14-24(13-16-6-7-21(24)9-16)23(25)12-19(20)11-22(17)18/h3-6,10-11,15,21H,7-9,12-14H2,1-2H3. The van der Waals surface area contributed by atoms with Gasteiger partial charge < -0.3 is 0 Å². The smallest absolute Gasteiger partial charge is 0.144 e. The van der Waals surface area contributed by atoms with E-state index in [4.69, 9.17) is 0 Å². The first kappa shape index (κ1) is 15.4. The van der Waals surface area contributed by atoms with E-state index in [0.29, 0.717) is 24.0 Å². The number of benzene rings is 2. The zero-order valence-corrected chi connectivity index (χ0v) is 15.3. The van der Waals surface area contributed by atoms with Crippen LogP contribution >= 0.6 is 0 Å². The maximum absolute atomic E-state index is 13.1. The van der Waals surface area contributed by atoms with Gasteiger partial charge in [0.15, 0.2) is 0 Å². The molecule has 1 fully saturated rings. The lowest BCUT2D eigenvalue weighted by molar-refractivity contribution is -0.131. The van der Waals surface area contributed by atoms with Gasteiger partial charge in [-0.2, -0.15) is 0 Å². The highest BCUT2D eigenvalue weighted by Gasteiger charge is 2.53. The number of hydrogen-bond donors (Lipinski definition) is 0. The maximum Gasteiger partial charge on any atom is 0.144 e. The minimum absolute atomic E-state index is 0.0691. The molecule has 2 aromatic rings. The second-order valence-electron chi connectivity index (χ2n) is 8.97. The molecule has 25 heavy (non-hydrogen) atoms. The molecule has 128 valence electrons. The van der Waals surface area contributed by atoms with Gasteiger partial charge in [-0.3, -0.25) is 4.79 Å². The Labute approximate surface area is 150 Å². The summed E-state index contributed by atoms with van der Waals surface area (Å²) in [6.07, 6.45) is 8.43. The summed E-state index contributed by atoms with van der Waals surface area (Å²) < 4.78 is 0. The quantitative estimate of drug-likeness (QED) is 0.671. The predicted octanol–water partition coefficient (Wildman–Crippen LogP) is 5.43. The molecular weight excluding hydrogens is 304 g/mol. The van der Waals surface area contributed by atoms with E-state index in [1.807, 2.05) is 0 Å². The number of carbonyl (C=O) groups is 1. The molecule has 1 saturated carbocycles. The normalized spacial score (nSPS) is 27.4. The van der Waals surface area contributed by atoms with E-state index in [1.165, 1.54) is 33.9 Å². The van der Waals surface area contributed by atoms with Crippen LogP contribution in [0.25, 0.3) is 10.8 Å². The molecule has 0 aliphatic heterocycles. The van der Waals surface area contributed by atoms with Crippen LogP contribution in [-0.4, -0.2) is 5.78 Å². The predicted molar refractivity (Wildman–Crippen MR) is 103 cm³/mol. The third-order valence-corrected chi connectivity index (χ3v) is 6.85. The summed E-state index contributed by atoms with van der Waals surface area (Å²) in [5.74, 6) is 1.73. The monoisotopic (exact) mass is 330 g/mol. The third kappa shape index (κ3) is 2.25. The molecule has 2 aromatic carbocycles. The molecule has 2 bridgehead atoms.